The SMILES string of the molecule is COc1cccc(C(C)NCCC(c2ccccc2)c2ccc(Cl)cc2)c1. The average molecular weight is 380 g/mol. The van der Waals surface area contributed by atoms with Crippen LogP contribution in [0.4, 0.5) is 0 Å². The lowest BCUT2D eigenvalue weighted by molar-refractivity contribution is 0.413. The van der Waals surface area contributed by atoms with Crippen molar-refractivity contribution in [1.29, 1.82) is 0 Å². The van der Waals surface area contributed by atoms with E-state index in [-0.39, 0.29) is 6.04 Å². The quantitative estimate of drug-likeness (QED) is 0.501. The molecule has 0 aliphatic rings. The number of hydrogen-bond acceptors (Lipinski definition) is 2. The van der Waals surface area contributed by atoms with Crippen molar-refractivity contribution in [1.82, 2.24) is 5.32 Å². The summed E-state index contributed by atoms with van der Waals surface area (Å²) >= 11 is 6.08. The van der Waals surface area contributed by atoms with Crippen molar-refractivity contribution in [3.8, 4) is 5.75 Å². The number of rotatable bonds is 8. The van der Waals surface area contributed by atoms with Crippen molar-refractivity contribution in [3.63, 3.8) is 0 Å². The molecule has 140 valence electrons. The van der Waals surface area contributed by atoms with E-state index in [4.69, 9.17) is 16.3 Å². The second-order valence-electron chi connectivity index (χ2n) is 6.76. The molecule has 2 unspecified atom stereocenters. The van der Waals surface area contributed by atoms with Crippen LogP contribution in [0, 0.1) is 0 Å². The first kappa shape index (κ1) is 19.5. The fraction of sp³-hybridized carbons (Fsp3) is 0.250. The highest BCUT2D eigenvalue weighted by molar-refractivity contribution is 6.30. The van der Waals surface area contributed by atoms with Crippen molar-refractivity contribution in [2.24, 2.45) is 0 Å². The summed E-state index contributed by atoms with van der Waals surface area (Å²) in [6.45, 7) is 3.11. The van der Waals surface area contributed by atoms with Gasteiger partial charge in [-0.25, -0.2) is 0 Å². The molecule has 0 saturated heterocycles. The third kappa shape index (κ3) is 5.35. The molecule has 0 amide bonds. The second-order valence-corrected chi connectivity index (χ2v) is 7.19. The lowest BCUT2D eigenvalue weighted by Crippen LogP contribution is -2.22. The molecule has 0 spiro atoms. The minimum absolute atomic E-state index is 0.266. The number of benzene rings is 3. The molecule has 0 aliphatic heterocycles. The van der Waals surface area contributed by atoms with Gasteiger partial charge >= 0.3 is 0 Å². The van der Waals surface area contributed by atoms with Crippen LogP contribution in [0.3, 0.4) is 0 Å². The summed E-state index contributed by atoms with van der Waals surface area (Å²) in [7, 11) is 1.70. The van der Waals surface area contributed by atoms with E-state index in [2.05, 4.69) is 66.8 Å². The van der Waals surface area contributed by atoms with Gasteiger partial charge in [-0.2, -0.15) is 0 Å². The van der Waals surface area contributed by atoms with E-state index in [0.29, 0.717) is 5.92 Å². The third-order valence-corrected chi connectivity index (χ3v) is 5.20. The van der Waals surface area contributed by atoms with E-state index >= 15 is 0 Å². The van der Waals surface area contributed by atoms with Crippen molar-refractivity contribution in [2.45, 2.75) is 25.3 Å². The van der Waals surface area contributed by atoms with Gasteiger partial charge in [-0.15, -0.1) is 0 Å². The van der Waals surface area contributed by atoms with Gasteiger partial charge in [0.25, 0.3) is 0 Å². The van der Waals surface area contributed by atoms with Gasteiger partial charge in [0.1, 0.15) is 5.75 Å². The van der Waals surface area contributed by atoms with Crippen LogP contribution in [-0.2, 0) is 0 Å². The van der Waals surface area contributed by atoms with Crippen LogP contribution < -0.4 is 10.1 Å². The predicted molar refractivity (Wildman–Crippen MR) is 114 cm³/mol. The number of halogens is 1. The highest BCUT2D eigenvalue weighted by atomic mass is 35.5. The lowest BCUT2D eigenvalue weighted by atomic mass is 9.88. The molecule has 0 fully saturated rings. The predicted octanol–water partition coefficient (Wildman–Crippen LogP) is 6.22. The largest absolute Gasteiger partial charge is 0.497 e. The van der Waals surface area contributed by atoms with Crippen LogP contribution in [0.15, 0.2) is 78.9 Å². The zero-order chi connectivity index (χ0) is 19.1. The molecule has 2 atom stereocenters. The Morgan fingerprint density at radius 3 is 2.22 bits per heavy atom. The highest BCUT2D eigenvalue weighted by Gasteiger charge is 2.15. The summed E-state index contributed by atoms with van der Waals surface area (Å²) in [5, 5.41) is 4.42. The summed E-state index contributed by atoms with van der Waals surface area (Å²) in [6, 6.07) is 27.4. The molecule has 1 N–H and O–H groups in total. The maximum atomic E-state index is 6.08. The number of hydrogen-bond donors (Lipinski definition) is 1. The van der Waals surface area contributed by atoms with Crippen LogP contribution in [0.25, 0.3) is 0 Å². The first-order valence-electron chi connectivity index (χ1n) is 9.35. The summed E-state index contributed by atoms with van der Waals surface area (Å²) in [4.78, 5) is 0. The highest BCUT2D eigenvalue weighted by Crippen LogP contribution is 2.29. The monoisotopic (exact) mass is 379 g/mol. The number of nitrogens with one attached hydrogen (secondary N) is 1. The Balaban J connectivity index is 1.68. The molecule has 3 rings (SSSR count). The molecular formula is C24H26ClNO. The molecule has 0 saturated carbocycles. The summed E-state index contributed by atoms with van der Waals surface area (Å²) in [5.41, 5.74) is 3.86. The third-order valence-electron chi connectivity index (χ3n) is 4.95. The van der Waals surface area contributed by atoms with E-state index < -0.39 is 0 Å². The Labute approximate surface area is 167 Å². The van der Waals surface area contributed by atoms with Gasteiger partial charge in [-0.05, 0) is 60.8 Å². The molecule has 3 aromatic carbocycles. The van der Waals surface area contributed by atoms with Crippen molar-refractivity contribution in [3.05, 3.63) is 101 Å². The van der Waals surface area contributed by atoms with Crippen molar-refractivity contribution in [2.75, 3.05) is 13.7 Å². The molecule has 0 aromatic heterocycles. The number of ether oxygens (including phenoxy) is 1. The van der Waals surface area contributed by atoms with Gasteiger partial charge in [0.05, 0.1) is 7.11 Å². The minimum Gasteiger partial charge on any atom is -0.497 e. The molecule has 3 aromatic rings. The molecule has 3 heteroatoms. The topological polar surface area (TPSA) is 21.3 Å². The standard InChI is InChI=1S/C24H26ClNO/c1-18(21-9-6-10-23(17-21)27-2)26-16-15-24(19-7-4-3-5-8-19)20-11-13-22(25)14-12-20/h3-14,17-18,24,26H,15-16H2,1-2H3. The van der Waals surface area contributed by atoms with Crippen molar-refractivity contribution < 1.29 is 4.74 Å². The average Bonchev–Trinajstić information content (AvgIpc) is 2.72. The maximum absolute atomic E-state index is 6.08. The maximum Gasteiger partial charge on any atom is 0.119 e. The van der Waals surface area contributed by atoms with Gasteiger partial charge in [0.15, 0.2) is 0 Å². The normalized spacial score (nSPS) is 13.1. The van der Waals surface area contributed by atoms with Gasteiger partial charge < -0.3 is 10.1 Å². The lowest BCUT2D eigenvalue weighted by Gasteiger charge is -2.21. The van der Waals surface area contributed by atoms with E-state index in [1.165, 1.54) is 16.7 Å². The van der Waals surface area contributed by atoms with Gasteiger partial charge in [0.2, 0.25) is 0 Å². The Morgan fingerprint density at radius 1 is 0.852 bits per heavy atom. The van der Waals surface area contributed by atoms with Gasteiger partial charge in [0, 0.05) is 17.0 Å². The minimum atomic E-state index is 0.266. The van der Waals surface area contributed by atoms with Crippen LogP contribution in [0.1, 0.15) is 42.0 Å². The fourth-order valence-electron chi connectivity index (χ4n) is 3.38. The summed E-state index contributed by atoms with van der Waals surface area (Å²) in [5.74, 6) is 1.23. The zero-order valence-electron chi connectivity index (χ0n) is 15.9. The van der Waals surface area contributed by atoms with E-state index in [1.54, 1.807) is 7.11 Å². The van der Waals surface area contributed by atoms with E-state index in [9.17, 15) is 0 Å². The van der Waals surface area contributed by atoms with Crippen LogP contribution in [0.2, 0.25) is 5.02 Å². The van der Waals surface area contributed by atoms with Gasteiger partial charge in [-0.1, -0.05) is 66.2 Å². The van der Waals surface area contributed by atoms with Crippen molar-refractivity contribution >= 4 is 11.6 Å². The number of methoxy groups -OCH3 is 1. The van der Waals surface area contributed by atoms with E-state index in [1.807, 2.05) is 24.3 Å². The molecule has 2 nitrogen and oxygen atoms in total. The smallest absolute Gasteiger partial charge is 0.119 e. The Hall–Kier alpha value is -2.29. The molecular weight excluding hydrogens is 354 g/mol. The van der Waals surface area contributed by atoms with Crippen LogP contribution >= 0.6 is 11.6 Å². The summed E-state index contributed by atoms with van der Waals surface area (Å²) < 4.78 is 5.33. The molecule has 0 heterocycles. The first-order chi connectivity index (χ1) is 13.2. The Morgan fingerprint density at radius 2 is 1.52 bits per heavy atom. The second kappa shape index (κ2) is 9.59. The molecule has 0 aliphatic carbocycles. The first-order valence-corrected chi connectivity index (χ1v) is 9.73. The van der Waals surface area contributed by atoms with Crippen LogP contribution in [-0.4, -0.2) is 13.7 Å². The van der Waals surface area contributed by atoms with E-state index in [0.717, 1.165) is 23.7 Å². The zero-order valence-corrected chi connectivity index (χ0v) is 16.6. The van der Waals surface area contributed by atoms with Gasteiger partial charge in [-0.3, -0.25) is 0 Å². The molecule has 27 heavy (non-hydrogen) atoms. The summed E-state index contributed by atoms with van der Waals surface area (Å²) in [6.07, 6.45) is 1.01. The van der Waals surface area contributed by atoms with Crippen LogP contribution in [0.5, 0.6) is 5.75 Å². The fourth-order valence-corrected chi connectivity index (χ4v) is 3.51. The Kier molecular flexibility index (Phi) is 6.92. The Bertz CT molecular complexity index is 833. The molecule has 0 bridgehead atoms. The molecule has 0 radical (unpaired) electrons.